The molecule has 0 fully saturated rings. The van der Waals surface area contributed by atoms with Gasteiger partial charge in [0.2, 0.25) is 0 Å². The molecule has 5 rings (SSSR count). The molecular weight excluding hydrogens is 657 g/mol. The van der Waals surface area contributed by atoms with E-state index in [9.17, 15) is 12.8 Å². The van der Waals surface area contributed by atoms with E-state index in [4.69, 9.17) is 14.5 Å². The Labute approximate surface area is 261 Å². The molecule has 0 bridgehead atoms. The number of anilines is 2. The predicted octanol–water partition coefficient (Wildman–Crippen LogP) is 7.62. The molecule has 2 aromatic carbocycles. The zero-order valence-electron chi connectivity index (χ0n) is 23.6. The zero-order chi connectivity index (χ0) is 30.6. The molecule has 0 spiro atoms. The normalized spacial score (nSPS) is 13.1. The van der Waals surface area contributed by atoms with E-state index in [1.165, 1.54) is 29.8 Å². The lowest BCUT2D eigenvalue weighted by Gasteiger charge is -2.19. The molecule has 0 amide bonds. The van der Waals surface area contributed by atoms with Gasteiger partial charge in [0, 0.05) is 22.2 Å². The Morgan fingerprint density at radius 3 is 2.65 bits per heavy atom. The summed E-state index contributed by atoms with van der Waals surface area (Å²) in [6.07, 6.45) is 3.26. The van der Waals surface area contributed by atoms with Gasteiger partial charge in [0.25, 0.3) is 0 Å². The van der Waals surface area contributed by atoms with Crippen LogP contribution in [0.3, 0.4) is 0 Å². The summed E-state index contributed by atoms with van der Waals surface area (Å²) in [5.41, 5.74) is 2.49. The first-order valence-corrected chi connectivity index (χ1v) is 16.9. The van der Waals surface area contributed by atoms with Crippen LogP contribution in [-0.2, 0) is 21.2 Å². The number of hydrogen-bond donors (Lipinski definition) is 1. The van der Waals surface area contributed by atoms with Crippen molar-refractivity contribution in [2.75, 3.05) is 11.1 Å². The summed E-state index contributed by atoms with van der Waals surface area (Å²) in [5, 5.41) is 6.65. The fraction of sp³-hybridized carbons (Fsp3) is 0.267. The van der Waals surface area contributed by atoms with Crippen molar-refractivity contribution >= 4 is 59.5 Å². The SMILES string of the molecule is CCC(OC(C)S(=O)(=O)CC)c1nc(-c2cc3c(Nc4ccc(OCc5cccc(F)c5)c(Br)c4)ncnc3cn2)cs1. The lowest BCUT2D eigenvalue weighted by molar-refractivity contribution is 0.0353. The van der Waals surface area contributed by atoms with Crippen LogP contribution in [0.5, 0.6) is 5.75 Å². The van der Waals surface area contributed by atoms with Crippen molar-refractivity contribution < 1.29 is 22.3 Å². The second-order valence-corrected chi connectivity index (χ2v) is 13.9. The largest absolute Gasteiger partial charge is 0.488 e. The molecule has 5 aromatic rings. The van der Waals surface area contributed by atoms with Gasteiger partial charge in [0.15, 0.2) is 15.3 Å². The second kappa shape index (κ2) is 13.4. The van der Waals surface area contributed by atoms with Crippen LogP contribution in [0, 0.1) is 5.82 Å². The molecule has 0 aliphatic rings. The quantitative estimate of drug-likeness (QED) is 0.142. The maximum Gasteiger partial charge on any atom is 0.176 e. The molecule has 224 valence electrons. The average molecular weight is 687 g/mol. The Bertz CT molecular complexity index is 1850. The van der Waals surface area contributed by atoms with Crippen molar-refractivity contribution in [3.05, 3.63) is 87.3 Å². The van der Waals surface area contributed by atoms with E-state index in [2.05, 4.69) is 36.2 Å². The van der Waals surface area contributed by atoms with Gasteiger partial charge in [-0.15, -0.1) is 11.3 Å². The first-order chi connectivity index (χ1) is 20.7. The molecule has 0 aliphatic heterocycles. The number of hydrogen-bond acceptors (Lipinski definition) is 10. The van der Waals surface area contributed by atoms with Crippen molar-refractivity contribution in [1.29, 1.82) is 0 Å². The van der Waals surface area contributed by atoms with Crippen molar-refractivity contribution in [2.45, 2.75) is 45.3 Å². The Hall–Kier alpha value is -3.52. The van der Waals surface area contributed by atoms with Crippen LogP contribution >= 0.6 is 27.3 Å². The highest BCUT2D eigenvalue weighted by Gasteiger charge is 2.25. The molecule has 0 saturated heterocycles. The number of rotatable bonds is 12. The molecule has 9 nitrogen and oxygen atoms in total. The zero-order valence-corrected chi connectivity index (χ0v) is 26.8. The number of pyridine rings is 1. The summed E-state index contributed by atoms with van der Waals surface area (Å²) in [6, 6.07) is 13.7. The molecule has 13 heteroatoms. The lowest BCUT2D eigenvalue weighted by Crippen LogP contribution is -2.24. The Balaban J connectivity index is 1.34. The number of nitrogens with one attached hydrogen (secondary N) is 1. The third-order valence-electron chi connectivity index (χ3n) is 6.69. The maximum atomic E-state index is 13.5. The fourth-order valence-corrected chi connectivity index (χ4v) is 6.45. The van der Waals surface area contributed by atoms with Crippen LogP contribution in [0.25, 0.3) is 22.3 Å². The van der Waals surface area contributed by atoms with E-state index in [1.54, 1.807) is 32.2 Å². The predicted molar refractivity (Wildman–Crippen MR) is 170 cm³/mol. The monoisotopic (exact) mass is 685 g/mol. The summed E-state index contributed by atoms with van der Waals surface area (Å²) in [5.74, 6) is 0.903. The van der Waals surface area contributed by atoms with Gasteiger partial charge in [-0.05, 0) is 71.2 Å². The minimum Gasteiger partial charge on any atom is -0.488 e. The molecule has 3 heterocycles. The molecular formula is C30H29BrFN5O4S2. The standard InChI is InChI=1S/C30H29BrFN5O4S2/c1-4-27(41-18(3)43(38,39)5-2)30-37-26(16-42-30)24-13-22-25(14-33-24)34-17-35-29(22)36-21-9-10-28(23(31)12-21)40-15-19-7-6-8-20(32)11-19/h6-14,16-18,27H,4-5,15H2,1-3H3,(H,34,35,36). The topological polar surface area (TPSA) is 116 Å². The van der Waals surface area contributed by atoms with Gasteiger partial charge in [-0.3, -0.25) is 4.98 Å². The number of fused-ring (bicyclic) bond motifs is 1. The minimum absolute atomic E-state index is 0.0125. The van der Waals surface area contributed by atoms with E-state index in [1.807, 2.05) is 36.6 Å². The number of ether oxygens (including phenoxy) is 2. The van der Waals surface area contributed by atoms with E-state index >= 15 is 0 Å². The number of aromatic nitrogens is 4. The summed E-state index contributed by atoms with van der Waals surface area (Å²) in [4.78, 5) is 18.1. The van der Waals surface area contributed by atoms with Gasteiger partial charge >= 0.3 is 0 Å². The molecule has 2 atom stereocenters. The lowest BCUT2D eigenvalue weighted by atomic mass is 10.2. The Kier molecular flexibility index (Phi) is 9.65. The fourth-order valence-electron chi connectivity index (χ4n) is 4.25. The highest BCUT2D eigenvalue weighted by Crippen LogP contribution is 2.34. The summed E-state index contributed by atoms with van der Waals surface area (Å²) >= 11 is 4.96. The van der Waals surface area contributed by atoms with Crippen LogP contribution < -0.4 is 10.1 Å². The van der Waals surface area contributed by atoms with Gasteiger partial charge in [0.05, 0.1) is 27.6 Å². The van der Waals surface area contributed by atoms with Crippen molar-refractivity contribution in [3.8, 4) is 17.1 Å². The molecule has 2 unspecified atom stereocenters. The number of nitrogens with zero attached hydrogens (tertiary/aromatic N) is 4. The van der Waals surface area contributed by atoms with E-state index in [0.717, 1.165) is 21.1 Å². The van der Waals surface area contributed by atoms with Crippen LogP contribution in [0.4, 0.5) is 15.9 Å². The van der Waals surface area contributed by atoms with E-state index in [-0.39, 0.29) is 18.2 Å². The maximum absolute atomic E-state index is 13.5. The van der Waals surface area contributed by atoms with Crippen molar-refractivity contribution in [3.63, 3.8) is 0 Å². The number of thiazole rings is 1. The molecule has 3 aromatic heterocycles. The van der Waals surface area contributed by atoms with Crippen LogP contribution in [0.15, 0.2) is 70.9 Å². The Morgan fingerprint density at radius 2 is 1.91 bits per heavy atom. The van der Waals surface area contributed by atoms with E-state index in [0.29, 0.717) is 39.9 Å². The summed E-state index contributed by atoms with van der Waals surface area (Å²) in [6.45, 7) is 5.33. The molecule has 43 heavy (non-hydrogen) atoms. The van der Waals surface area contributed by atoms with Crippen LogP contribution in [0.2, 0.25) is 0 Å². The van der Waals surface area contributed by atoms with Gasteiger partial charge in [-0.2, -0.15) is 0 Å². The number of halogens is 2. The summed E-state index contributed by atoms with van der Waals surface area (Å²) in [7, 11) is -3.33. The number of sulfone groups is 1. The second-order valence-electron chi connectivity index (χ2n) is 9.62. The third kappa shape index (κ3) is 7.35. The van der Waals surface area contributed by atoms with Crippen LogP contribution in [-0.4, -0.2) is 39.5 Å². The summed E-state index contributed by atoms with van der Waals surface area (Å²) < 4.78 is 50.4. The molecule has 1 N–H and O–H groups in total. The van der Waals surface area contributed by atoms with Gasteiger partial charge < -0.3 is 14.8 Å². The van der Waals surface area contributed by atoms with Crippen molar-refractivity contribution in [1.82, 2.24) is 19.9 Å². The third-order valence-corrected chi connectivity index (χ3v) is 10.2. The molecule has 0 saturated carbocycles. The van der Waals surface area contributed by atoms with Gasteiger partial charge in [-0.25, -0.2) is 27.8 Å². The number of benzene rings is 2. The highest BCUT2D eigenvalue weighted by atomic mass is 79.9. The Morgan fingerprint density at radius 1 is 1.07 bits per heavy atom. The first kappa shape index (κ1) is 30.9. The molecule has 0 radical (unpaired) electrons. The average Bonchev–Trinajstić information content (AvgIpc) is 3.49. The van der Waals surface area contributed by atoms with Gasteiger partial charge in [0.1, 0.15) is 41.4 Å². The van der Waals surface area contributed by atoms with Gasteiger partial charge in [-0.1, -0.05) is 26.0 Å². The minimum atomic E-state index is -3.33. The van der Waals surface area contributed by atoms with Crippen LogP contribution in [0.1, 0.15) is 43.9 Å². The first-order valence-electron chi connectivity index (χ1n) is 13.5. The smallest absolute Gasteiger partial charge is 0.176 e. The highest BCUT2D eigenvalue weighted by molar-refractivity contribution is 9.10. The van der Waals surface area contributed by atoms with E-state index < -0.39 is 21.4 Å². The molecule has 0 aliphatic carbocycles. The van der Waals surface area contributed by atoms with Crippen molar-refractivity contribution in [2.24, 2.45) is 0 Å².